The molecule has 0 radical (unpaired) electrons. The molecule has 2 aromatic rings. The second-order valence-electron chi connectivity index (χ2n) is 3.29. The van der Waals surface area contributed by atoms with E-state index in [4.69, 9.17) is 4.74 Å². The second kappa shape index (κ2) is 5.18. The number of halogens is 2. The Labute approximate surface area is 116 Å². The average Bonchev–Trinajstić information content (AvgIpc) is 2.67. The third kappa shape index (κ3) is 2.76. The molecule has 0 atom stereocenters. The minimum Gasteiger partial charge on any atom is -0.497 e. The quantitative estimate of drug-likeness (QED) is 0.749. The van der Waals surface area contributed by atoms with Gasteiger partial charge < -0.3 is 4.74 Å². The Morgan fingerprint density at radius 3 is 2.88 bits per heavy atom. The Kier molecular flexibility index (Phi) is 3.86. The van der Waals surface area contributed by atoms with Crippen molar-refractivity contribution >= 4 is 38.5 Å². The smallest absolute Gasteiger partial charge is 0.123 e. The first-order valence-corrected chi connectivity index (χ1v) is 6.57. The minimum absolute atomic E-state index is 0.737. The zero-order chi connectivity index (χ0) is 11.5. The summed E-state index contributed by atoms with van der Waals surface area (Å²) in [5.74, 6) is 0.861. The van der Waals surface area contributed by atoms with Gasteiger partial charge in [-0.15, -0.1) is 0 Å². The van der Waals surface area contributed by atoms with E-state index in [1.165, 1.54) is 0 Å². The van der Waals surface area contributed by atoms with Crippen molar-refractivity contribution in [2.24, 2.45) is 0 Å². The van der Waals surface area contributed by atoms with Crippen molar-refractivity contribution in [3.8, 4) is 5.75 Å². The molecule has 0 saturated heterocycles. The van der Waals surface area contributed by atoms with Crippen LogP contribution >= 0.6 is 38.5 Å². The van der Waals surface area contributed by atoms with Crippen LogP contribution in [0.1, 0.15) is 5.56 Å². The van der Waals surface area contributed by atoms with Crippen LogP contribution in [0.3, 0.4) is 0 Å². The molecule has 2 rings (SSSR count). The summed E-state index contributed by atoms with van der Waals surface area (Å²) in [4.78, 5) is 0. The van der Waals surface area contributed by atoms with Gasteiger partial charge in [-0.05, 0) is 52.4 Å². The van der Waals surface area contributed by atoms with Crippen LogP contribution in [0.25, 0.3) is 0 Å². The predicted octanol–water partition coefficient (Wildman–Crippen LogP) is 3.31. The number of hydrogen-bond donors (Lipinski definition) is 0. The van der Waals surface area contributed by atoms with Crippen LogP contribution in [0.4, 0.5) is 0 Å². The van der Waals surface area contributed by atoms with Crippen LogP contribution in [0.2, 0.25) is 0 Å². The third-order valence-electron chi connectivity index (χ3n) is 2.19. The van der Waals surface area contributed by atoms with Gasteiger partial charge in [-0.25, -0.2) is 0 Å². The van der Waals surface area contributed by atoms with E-state index in [0.717, 1.165) is 26.0 Å². The Hall–Kier alpha value is -0.560. The van der Waals surface area contributed by atoms with E-state index in [1.54, 1.807) is 7.11 Å². The van der Waals surface area contributed by atoms with Crippen molar-refractivity contribution in [1.29, 1.82) is 0 Å². The van der Waals surface area contributed by atoms with Gasteiger partial charge in [0.05, 0.1) is 13.7 Å². The van der Waals surface area contributed by atoms with Gasteiger partial charge in [-0.1, -0.05) is 15.9 Å². The standard InChI is InChI=1S/C11H10BrIN2O/c1-16-9-2-3-10(12)8(6-9)7-15-5-4-11(13)14-15/h2-6H,7H2,1H3. The lowest BCUT2D eigenvalue weighted by Gasteiger charge is -2.07. The minimum atomic E-state index is 0.737. The highest BCUT2D eigenvalue weighted by Gasteiger charge is 2.04. The number of nitrogens with zero attached hydrogens (tertiary/aromatic N) is 2. The van der Waals surface area contributed by atoms with Gasteiger partial charge in [0.15, 0.2) is 0 Å². The van der Waals surface area contributed by atoms with Crippen molar-refractivity contribution in [1.82, 2.24) is 9.78 Å². The molecule has 1 heterocycles. The fraction of sp³-hybridized carbons (Fsp3) is 0.182. The number of methoxy groups -OCH3 is 1. The van der Waals surface area contributed by atoms with Gasteiger partial charge in [0.25, 0.3) is 0 Å². The molecule has 1 aromatic carbocycles. The summed E-state index contributed by atoms with van der Waals surface area (Å²) >= 11 is 5.72. The van der Waals surface area contributed by atoms with E-state index < -0.39 is 0 Å². The first-order valence-electron chi connectivity index (χ1n) is 4.70. The molecular weight excluding hydrogens is 383 g/mol. The molecule has 0 aliphatic carbocycles. The fourth-order valence-corrected chi connectivity index (χ4v) is 2.21. The van der Waals surface area contributed by atoms with Crippen LogP contribution < -0.4 is 4.74 Å². The Morgan fingerprint density at radius 2 is 2.25 bits per heavy atom. The summed E-state index contributed by atoms with van der Waals surface area (Å²) in [5.41, 5.74) is 1.15. The van der Waals surface area contributed by atoms with Crippen LogP contribution in [0, 0.1) is 3.70 Å². The zero-order valence-corrected chi connectivity index (χ0v) is 12.4. The number of benzene rings is 1. The molecule has 5 heteroatoms. The zero-order valence-electron chi connectivity index (χ0n) is 8.65. The number of rotatable bonds is 3. The molecule has 16 heavy (non-hydrogen) atoms. The van der Waals surface area contributed by atoms with E-state index in [2.05, 4.69) is 43.6 Å². The molecule has 0 saturated carbocycles. The van der Waals surface area contributed by atoms with Crippen LogP contribution in [0.15, 0.2) is 34.9 Å². The fourth-order valence-electron chi connectivity index (χ4n) is 1.40. The number of aromatic nitrogens is 2. The molecular formula is C11H10BrIN2O. The molecule has 0 aliphatic heterocycles. The highest BCUT2D eigenvalue weighted by molar-refractivity contribution is 14.1. The summed E-state index contributed by atoms with van der Waals surface area (Å²) in [7, 11) is 1.67. The Morgan fingerprint density at radius 1 is 1.44 bits per heavy atom. The van der Waals surface area contributed by atoms with Crippen molar-refractivity contribution < 1.29 is 4.74 Å². The van der Waals surface area contributed by atoms with E-state index in [-0.39, 0.29) is 0 Å². The summed E-state index contributed by atoms with van der Waals surface area (Å²) in [5, 5.41) is 4.34. The monoisotopic (exact) mass is 392 g/mol. The molecule has 0 bridgehead atoms. The Balaban J connectivity index is 2.26. The van der Waals surface area contributed by atoms with Crippen molar-refractivity contribution in [3.63, 3.8) is 0 Å². The summed E-state index contributed by atoms with van der Waals surface area (Å²) in [6.07, 6.45) is 1.97. The van der Waals surface area contributed by atoms with Gasteiger partial charge >= 0.3 is 0 Å². The van der Waals surface area contributed by atoms with Crippen molar-refractivity contribution in [3.05, 3.63) is 44.2 Å². The normalized spacial score (nSPS) is 10.4. The second-order valence-corrected chi connectivity index (χ2v) is 5.25. The van der Waals surface area contributed by atoms with Crippen molar-refractivity contribution in [2.45, 2.75) is 6.54 Å². The average molecular weight is 393 g/mol. The maximum Gasteiger partial charge on any atom is 0.123 e. The third-order valence-corrected chi connectivity index (χ3v) is 3.54. The largest absolute Gasteiger partial charge is 0.497 e. The first kappa shape index (κ1) is 11.9. The number of hydrogen-bond acceptors (Lipinski definition) is 2. The molecule has 0 spiro atoms. The summed E-state index contributed by atoms with van der Waals surface area (Å²) < 4.78 is 9.17. The Bertz CT molecular complexity index is 498. The molecule has 0 N–H and O–H groups in total. The SMILES string of the molecule is COc1ccc(Br)c(Cn2ccc(I)n2)c1. The van der Waals surface area contributed by atoms with E-state index in [9.17, 15) is 0 Å². The van der Waals surface area contributed by atoms with Crippen LogP contribution in [0.5, 0.6) is 5.75 Å². The van der Waals surface area contributed by atoms with Gasteiger partial charge in [0.1, 0.15) is 9.45 Å². The van der Waals surface area contributed by atoms with Crippen LogP contribution in [-0.2, 0) is 6.54 Å². The summed E-state index contributed by atoms with van der Waals surface area (Å²) in [6, 6.07) is 7.91. The highest BCUT2D eigenvalue weighted by Crippen LogP contribution is 2.23. The molecule has 0 aliphatic rings. The van der Waals surface area contributed by atoms with Gasteiger partial charge in [0.2, 0.25) is 0 Å². The molecule has 3 nitrogen and oxygen atoms in total. The lowest BCUT2D eigenvalue weighted by molar-refractivity contribution is 0.414. The van der Waals surface area contributed by atoms with Gasteiger partial charge in [-0.2, -0.15) is 5.10 Å². The first-order chi connectivity index (χ1) is 7.69. The number of ether oxygens (including phenoxy) is 1. The van der Waals surface area contributed by atoms with E-state index >= 15 is 0 Å². The van der Waals surface area contributed by atoms with Gasteiger partial charge in [-0.3, -0.25) is 4.68 Å². The topological polar surface area (TPSA) is 27.1 Å². The van der Waals surface area contributed by atoms with Crippen molar-refractivity contribution in [2.75, 3.05) is 7.11 Å². The molecule has 0 unspecified atom stereocenters. The highest BCUT2D eigenvalue weighted by atomic mass is 127. The molecule has 0 fully saturated rings. The summed E-state index contributed by atoms with van der Waals surface area (Å²) in [6.45, 7) is 0.737. The lowest BCUT2D eigenvalue weighted by Crippen LogP contribution is -2.01. The van der Waals surface area contributed by atoms with E-state index in [0.29, 0.717) is 0 Å². The molecule has 1 aromatic heterocycles. The maximum atomic E-state index is 5.20. The predicted molar refractivity (Wildman–Crippen MR) is 74.7 cm³/mol. The maximum absolute atomic E-state index is 5.20. The lowest BCUT2D eigenvalue weighted by atomic mass is 10.2. The molecule has 84 valence electrons. The van der Waals surface area contributed by atoms with E-state index in [1.807, 2.05) is 35.1 Å². The van der Waals surface area contributed by atoms with Crippen LogP contribution in [-0.4, -0.2) is 16.9 Å². The van der Waals surface area contributed by atoms with Gasteiger partial charge in [0, 0.05) is 10.7 Å². The molecule has 0 amide bonds.